The summed E-state index contributed by atoms with van der Waals surface area (Å²) in [4.78, 5) is 0. The maximum Gasteiger partial charge on any atom is 0.0739 e. The normalized spacial score (nSPS) is 43.6. The molecule has 0 radical (unpaired) electrons. The standard InChI is InChI=1S/C13H25NO3/c1-16-11-3-6-13(15,7-4-11)12(9-14)5-2-8-17-10-12/h11,15H,2-10,14H2,1H3. The molecule has 1 unspecified atom stereocenters. The fraction of sp³-hybridized carbons (Fsp3) is 1.00. The van der Waals surface area contributed by atoms with Crippen molar-refractivity contribution in [2.24, 2.45) is 11.1 Å². The summed E-state index contributed by atoms with van der Waals surface area (Å²) in [5.41, 5.74) is 5.06. The topological polar surface area (TPSA) is 64.7 Å². The van der Waals surface area contributed by atoms with Crippen molar-refractivity contribution in [2.75, 3.05) is 26.9 Å². The van der Waals surface area contributed by atoms with Crippen molar-refractivity contribution in [3.05, 3.63) is 0 Å². The molecule has 0 bridgehead atoms. The number of hydrogen-bond donors (Lipinski definition) is 2. The van der Waals surface area contributed by atoms with E-state index in [0.29, 0.717) is 19.3 Å². The lowest BCUT2D eigenvalue weighted by molar-refractivity contribution is -0.169. The SMILES string of the molecule is COC1CCC(O)(C2(CN)CCCOC2)CC1. The van der Waals surface area contributed by atoms with Crippen LogP contribution < -0.4 is 5.73 Å². The third-order valence-electron chi connectivity index (χ3n) is 4.79. The van der Waals surface area contributed by atoms with Crippen LogP contribution in [0.25, 0.3) is 0 Å². The monoisotopic (exact) mass is 243 g/mol. The first-order valence-electron chi connectivity index (χ1n) is 6.69. The Labute approximate surface area is 103 Å². The Hall–Kier alpha value is -0.160. The molecule has 4 nitrogen and oxygen atoms in total. The average molecular weight is 243 g/mol. The molecule has 0 aromatic heterocycles. The zero-order valence-corrected chi connectivity index (χ0v) is 10.8. The number of rotatable bonds is 3. The van der Waals surface area contributed by atoms with Crippen LogP contribution in [0.5, 0.6) is 0 Å². The molecule has 1 aliphatic heterocycles. The summed E-state index contributed by atoms with van der Waals surface area (Å²) < 4.78 is 10.9. The van der Waals surface area contributed by atoms with Gasteiger partial charge in [-0.2, -0.15) is 0 Å². The predicted molar refractivity (Wildman–Crippen MR) is 65.8 cm³/mol. The van der Waals surface area contributed by atoms with Gasteiger partial charge in [0.15, 0.2) is 0 Å². The average Bonchev–Trinajstić information content (AvgIpc) is 2.40. The highest BCUT2D eigenvalue weighted by Gasteiger charge is 2.51. The zero-order valence-electron chi connectivity index (χ0n) is 10.8. The summed E-state index contributed by atoms with van der Waals surface area (Å²) in [6.07, 6.45) is 5.71. The largest absolute Gasteiger partial charge is 0.389 e. The maximum atomic E-state index is 10.9. The summed E-state index contributed by atoms with van der Waals surface area (Å²) in [6.45, 7) is 1.93. The van der Waals surface area contributed by atoms with E-state index in [0.717, 1.165) is 45.1 Å². The molecular weight excluding hydrogens is 218 g/mol. The van der Waals surface area contributed by atoms with Crippen LogP contribution in [0.1, 0.15) is 38.5 Å². The molecule has 1 saturated carbocycles. The van der Waals surface area contributed by atoms with Gasteiger partial charge in [0.25, 0.3) is 0 Å². The van der Waals surface area contributed by atoms with Gasteiger partial charge in [0.05, 0.1) is 18.3 Å². The first-order valence-corrected chi connectivity index (χ1v) is 6.69. The number of hydrogen-bond acceptors (Lipinski definition) is 4. The lowest BCUT2D eigenvalue weighted by atomic mass is 9.62. The number of nitrogens with two attached hydrogens (primary N) is 1. The summed E-state index contributed by atoms with van der Waals surface area (Å²) in [5.74, 6) is 0. The highest BCUT2D eigenvalue weighted by atomic mass is 16.5. The van der Waals surface area contributed by atoms with Crippen molar-refractivity contribution in [3.8, 4) is 0 Å². The molecule has 0 aromatic rings. The van der Waals surface area contributed by atoms with Crippen molar-refractivity contribution < 1.29 is 14.6 Å². The molecule has 4 heteroatoms. The fourth-order valence-electron chi connectivity index (χ4n) is 3.41. The van der Waals surface area contributed by atoms with E-state index >= 15 is 0 Å². The Morgan fingerprint density at radius 2 is 2.06 bits per heavy atom. The number of aliphatic hydroxyl groups is 1. The van der Waals surface area contributed by atoms with Gasteiger partial charge in [0, 0.05) is 25.7 Å². The fourth-order valence-corrected chi connectivity index (χ4v) is 3.41. The van der Waals surface area contributed by atoms with Crippen LogP contribution in [0.15, 0.2) is 0 Å². The second-order valence-electron chi connectivity index (χ2n) is 5.61. The molecule has 1 saturated heterocycles. The highest BCUT2D eigenvalue weighted by Crippen LogP contribution is 2.46. The van der Waals surface area contributed by atoms with E-state index in [-0.39, 0.29) is 5.41 Å². The molecule has 0 spiro atoms. The lowest BCUT2D eigenvalue weighted by Gasteiger charge is -2.51. The minimum absolute atomic E-state index is 0.232. The maximum absolute atomic E-state index is 10.9. The van der Waals surface area contributed by atoms with E-state index in [9.17, 15) is 5.11 Å². The van der Waals surface area contributed by atoms with E-state index in [1.807, 2.05) is 0 Å². The second kappa shape index (κ2) is 5.22. The second-order valence-corrected chi connectivity index (χ2v) is 5.61. The quantitative estimate of drug-likeness (QED) is 0.778. The van der Waals surface area contributed by atoms with Gasteiger partial charge < -0.3 is 20.3 Å². The molecule has 17 heavy (non-hydrogen) atoms. The van der Waals surface area contributed by atoms with Crippen molar-refractivity contribution in [2.45, 2.75) is 50.2 Å². The van der Waals surface area contributed by atoms with E-state index in [1.54, 1.807) is 7.11 Å². The first-order chi connectivity index (χ1) is 8.16. The van der Waals surface area contributed by atoms with Gasteiger partial charge in [-0.1, -0.05) is 0 Å². The van der Waals surface area contributed by atoms with Crippen molar-refractivity contribution in [1.82, 2.24) is 0 Å². The van der Waals surface area contributed by atoms with E-state index in [2.05, 4.69) is 0 Å². The van der Waals surface area contributed by atoms with Gasteiger partial charge in [-0.05, 0) is 38.5 Å². The van der Waals surface area contributed by atoms with Crippen LogP contribution in [-0.2, 0) is 9.47 Å². The van der Waals surface area contributed by atoms with Gasteiger partial charge in [-0.25, -0.2) is 0 Å². The molecule has 2 rings (SSSR count). The molecule has 1 atom stereocenters. The van der Waals surface area contributed by atoms with Crippen LogP contribution in [0, 0.1) is 5.41 Å². The van der Waals surface area contributed by atoms with Gasteiger partial charge >= 0.3 is 0 Å². The van der Waals surface area contributed by atoms with Gasteiger partial charge in [0.2, 0.25) is 0 Å². The molecule has 2 aliphatic rings. The summed E-state index contributed by atoms with van der Waals surface area (Å²) in [7, 11) is 1.75. The summed E-state index contributed by atoms with van der Waals surface area (Å²) in [5, 5.41) is 10.9. The minimum Gasteiger partial charge on any atom is -0.389 e. The molecule has 100 valence electrons. The van der Waals surface area contributed by atoms with E-state index in [1.165, 1.54) is 0 Å². The highest BCUT2D eigenvalue weighted by molar-refractivity contribution is 5.03. The lowest BCUT2D eigenvalue weighted by Crippen LogP contribution is -2.58. The zero-order chi connectivity index (χ0) is 12.4. The molecule has 0 amide bonds. The van der Waals surface area contributed by atoms with Crippen molar-refractivity contribution >= 4 is 0 Å². The van der Waals surface area contributed by atoms with Crippen LogP contribution >= 0.6 is 0 Å². The summed E-state index contributed by atoms with van der Waals surface area (Å²) in [6, 6.07) is 0. The summed E-state index contributed by atoms with van der Waals surface area (Å²) >= 11 is 0. The third-order valence-corrected chi connectivity index (χ3v) is 4.79. The number of methoxy groups -OCH3 is 1. The van der Waals surface area contributed by atoms with Crippen LogP contribution in [-0.4, -0.2) is 43.7 Å². The molecular formula is C13H25NO3. The first kappa shape index (κ1) is 13.3. The molecule has 0 aromatic carbocycles. The van der Waals surface area contributed by atoms with Crippen LogP contribution in [0.4, 0.5) is 0 Å². The van der Waals surface area contributed by atoms with E-state index < -0.39 is 5.60 Å². The predicted octanol–water partition coefficient (Wildman–Crippen LogP) is 1.06. The van der Waals surface area contributed by atoms with Gasteiger partial charge in [-0.15, -0.1) is 0 Å². The Morgan fingerprint density at radius 1 is 1.35 bits per heavy atom. The molecule has 3 N–H and O–H groups in total. The van der Waals surface area contributed by atoms with Gasteiger partial charge in [-0.3, -0.25) is 0 Å². The molecule has 1 heterocycles. The molecule has 2 fully saturated rings. The van der Waals surface area contributed by atoms with Crippen molar-refractivity contribution in [3.63, 3.8) is 0 Å². The Bertz CT molecular complexity index is 243. The Kier molecular flexibility index (Phi) is 4.08. The third kappa shape index (κ3) is 2.36. The number of ether oxygens (including phenoxy) is 2. The minimum atomic E-state index is -0.656. The van der Waals surface area contributed by atoms with Crippen LogP contribution in [0.2, 0.25) is 0 Å². The van der Waals surface area contributed by atoms with E-state index in [4.69, 9.17) is 15.2 Å². The molecule has 1 aliphatic carbocycles. The Morgan fingerprint density at radius 3 is 2.53 bits per heavy atom. The Balaban J connectivity index is 2.08. The smallest absolute Gasteiger partial charge is 0.0739 e. The van der Waals surface area contributed by atoms with Gasteiger partial charge in [0.1, 0.15) is 0 Å². The van der Waals surface area contributed by atoms with Crippen molar-refractivity contribution in [1.29, 1.82) is 0 Å². The van der Waals surface area contributed by atoms with Crippen LogP contribution in [0.3, 0.4) is 0 Å².